The lowest BCUT2D eigenvalue weighted by molar-refractivity contribution is -0.118. The molecule has 0 aliphatic heterocycles. The van der Waals surface area contributed by atoms with E-state index in [2.05, 4.69) is 5.32 Å². The normalized spacial score (nSPS) is 11.4. The van der Waals surface area contributed by atoms with Gasteiger partial charge < -0.3 is 10.1 Å². The van der Waals surface area contributed by atoms with Crippen molar-refractivity contribution in [2.24, 2.45) is 11.1 Å². The van der Waals surface area contributed by atoms with Crippen molar-refractivity contribution in [3.8, 4) is 5.75 Å². The molecule has 19 heavy (non-hydrogen) atoms. The number of ether oxygens (including phenoxy) is 1. The van der Waals surface area contributed by atoms with Crippen molar-refractivity contribution in [3.63, 3.8) is 0 Å². The molecule has 106 valence electrons. The van der Waals surface area contributed by atoms with E-state index in [1.165, 1.54) is 12.1 Å². The van der Waals surface area contributed by atoms with Gasteiger partial charge in [-0.3, -0.25) is 4.79 Å². The zero-order valence-corrected chi connectivity index (χ0v) is 12.0. The molecule has 0 atom stereocenters. The van der Waals surface area contributed by atoms with Crippen molar-refractivity contribution in [3.05, 3.63) is 18.2 Å². The van der Waals surface area contributed by atoms with Crippen molar-refractivity contribution < 1.29 is 17.9 Å². The summed E-state index contributed by atoms with van der Waals surface area (Å²) in [5.74, 6) is -0.235. The van der Waals surface area contributed by atoms with Gasteiger partial charge in [-0.05, 0) is 25.1 Å². The number of carbonyl (C=O) groups is 1. The highest BCUT2D eigenvalue weighted by molar-refractivity contribution is 7.89. The maximum Gasteiger partial charge on any atom is 0.241 e. The number of anilines is 1. The lowest BCUT2D eigenvalue weighted by Crippen LogP contribution is -2.19. The van der Waals surface area contributed by atoms with Crippen LogP contribution in [0.15, 0.2) is 23.1 Å². The molecule has 1 aromatic carbocycles. The van der Waals surface area contributed by atoms with Crippen LogP contribution in [0.3, 0.4) is 0 Å². The molecule has 0 aromatic heterocycles. The van der Waals surface area contributed by atoms with E-state index < -0.39 is 10.0 Å². The fourth-order valence-corrected chi connectivity index (χ4v) is 2.07. The molecule has 1 rings (SSSR count). The summed E-state index contributed by atoms with van der Waals surface area (Å²) in [5, 5.41) is 7.74. The molecule has 0 unspecified atom stereocenters. The minimum Gasteiger partial charge on any atom is -0.492 e. The molecule has 0 bridgehead atoms. The third-order valence-corrected chi connectivity index (χ3v) is 3.27. The number of primary sulfonamides is 1. The van der Waals surface area contributed by atoms with Crippen LogP contribution in [0.4, 0.5) is 5.69 Å². The van der Waals surface area contributed by atoms with Crippen LogP contribution in [0.2, 0.25) is 0 Å². The first-order chi connectivity index (χ1) is 8.75. The van der Waals surface area contributed by atoms with Gasteiger partial charge in [-0.2, -0.15) is 0 Å². The standard InChI is InChI=1S/C12H18N2O4S/c1-4-18-10-6-5-9(14-12(15)8(2)3)7-11(10)19(13,16)17/h5-8H,4H2,1-3H3,(H,14,15)(H2,13,16,17). The summed E-state index contributed by atoms with van der Waals surface area (Å²) in [5.41, 5.74) is 0.367. The Hall–Kier alpha value is -1.60. The Kier molecular flexibility index (Phi) is 4.90. The van der Waals surface area contributed by atoms with Crippen molar-refractivity contribution in [2.75, 3.05) is 11.9 Å². The van der Waals surface area contributed by atoms with Gasteiger partial charge in [-0.25, -0.2) is 13.6 Å². The first kappa shape index (κ1) is 15.5. The van der Waals surface area contributed by atoms with E-state index in [1.807, 2.05) is 0 Å². The van der Waals surface area contributed by atoms with E-state index in [0.717, 1.165) is 0 Å². The van der Waals surface area contributed by atoms with Crippen LogP contribution >= 0.6 is 0 Å². The average Bonchev–Trinajstić information content (AvgIpc) is 2.29. The molecule has 0 spiro atoms. The molecule has 3 N–H and O–H groups in total. The Labute approximate surface area is 113 Å². The highest BCUT2D eigenvalue weighted by Gasteiger charge is 2.17. The lowest BCUT2D eigenvalue weighted by Gasteiger charge is -2.12. The second kappa shape index (κ2) is 6.03. The molecule has 0 saturated heterocycles. The summed E-state index contributed by atoms with van der Waals surface area (Å²) in [6, 6.07) is 4.33. The molecule has 0 radical (unpaired) electrons. The fourth-order valence-electron chi connectivity index (χ4n) is 1.37. The topological polar surface area (TPSA) is 98.5 Å². The number of sulfonamides is 1. The zero-order chi connectivity index (χ0) is 14.6. The van der Waals surface area contributed by atoms with Crippen LogP contribution in [-0.4, -0.2) is 20.9 Å². The second-order valence-electron chi connectivity index (χ2n) is 4.28. The van der Waals surface area contributed by atoms with Crippen LogP contribution < -0.4 is 15.2 Å². The largest absolute Gasteiger partial charge is 0.492 e. The van der Waals surface area contributed by atoms with Gasteiger partial charge in [-0.1, -0.05) is 13.8 Å². The van der Waals surface area contributed by atoms with Crippen LogP contribution in [0.25, 0.3) is 0 Å². The smallest absolute Gasteiger partial charge is 0.241 e. The van der Waals surface area contributed by atoms with E-state index >= 15 is 0 Å². The first-order valence-corrected chi connectivity index (χ1v) is 7.40. The Morgan fingerprint density at radius 3 is 2.53 bits per heavy atom. The molecule has 0 fully saturated rings. The zero-order valence-electron chi connectivity index (χ0n) is 11.1. The van der Waals surface area contributed by atoms with E-state index in [0.29, 0.717) is 12.3 Å². The predicted octanol–water partition coefficient (Wildman–Crippen LogP) is 1.33. The van der Waals surface area contributed by atoms with E-state index in [4.69, 9.17) is 9.88 Å². The van der Waals surface area contributed by atoms with Crippen LogP contribution in [0, 0.1) is 5.92 Å². The van der Waals surface area contributed by atoms with Gasteiger partial charge in [0.05, 0.1) is 6.61 Å². The lowest BCUT2D eigenvalue weighted by atomic mass is 10.2. The van der Waals surface area contributed by atoms with Gasteiger partial charge in [0.25, 0.3) is 0 Å². The van der Waals surface area contributed by atoms with E-state index in [9.17, 15) is 13.2 Å². The molecule has 0 saturated carbocycles. The van der Waals surface area contributed by atoms with Crippen molar-refractivity contribution >= 4 is 21.6 Å². The molecule has 0 heterocycles. The molecule has 6 nitrogen and oxygen atoms in total. The third-order valence-electron chi connectivity index (χ3n) is 2.34. The molecule has 7 heteroatoms. The number of rotatable bonds is 5. The number of carbonyl (C=O) groups excluding carboxylic acids is 1. The quantitative estimate of drug-likeness (QED) is 0.853. The average molecular weight is 286 g/mol. The predicted molar refractivity (Wildman–Crippen MR) is 72.5 cm³/mol. The minimum absolute atomic E-state index is 0.143. The molecular weight excluding hydrogens is 268 g/mol. The molecule has 1 aromatic rings. The minimum atomic E-state index is -3.91. The number of nitrogens with one attached hydrogen (secondary N) is 1. The summed E-state index contributed by atoms with van der Waals surface area (Å²) in [6.07, 6.45) is 0. The van der Waals surface area contributed by atoms with E-state index in [1.54, 1.807) is 26.8 Å². The number of hydrogen-bond donors (Lipinski definition) is 2. The number of nitrogens with two attached hydrogens (primary N) is 1. The maximum absolute atomic E-state index is 11.6. The molecule has 0 aliphatic carbocycles. The summed E-state index contributed by atoms with van der Waals surface area (Å²) >= 11 is 0. The first-order valence-electron chi connectivity index (χ1n) is 5.86. The van der Waals surface area contributed by atoms with Gasteiger partial charge in [0.2, 0.25) is 15.9 Å². The van der Waals surface area contributed by atoms with Crippen LogP contribution in [0.1, 0.15) is 20.8 Å². The molecular formula is C12H18N2O4S. The Balaban J connectivity index is 3.15. The van der Waals surface area contributed by atoms with E-state index in [-0.39, 0.29) is 22.5 Å². The fraction of sp³-hybridized carbons (Fsp3) is 0.417. The summed E-state index contributed by atoms with van der Waals surface area (Å²) < 4.78 is 28.2. The summed E-state index contributed by atoms with van der Waals surface area (Å²) in [6.45, 7) is 5.54. The monoisotopic (exact) mass is 286 g/mol. The van der Waals surface area contributed by atoms with Gasteiger partial charge in [0.15, 0.2) is 0 Å². The van der Waals surface area contributed by atoms with Gasteiger partial charge in [0, 0.05) is 11.6 Å². The van der Waals surface area contributed by atoms with Crippen molar-refractivity contribution in [1.82, 2.24) is 0 Å². The van der Waals surface area contributed by atoms with Crippen LogP contribution in [0.5, 0.6) is 5.75 Å². The Morgan fingerprint density at radius 2 is 2.05 bits per heavy atom. The van der Waals surface area contributed by atoms with Gasteiger partial charge >= 0.3 is 0 Å². The maximum atomic E-state index is 11.6. The Morgan fingerprint density at radius 1 is 1.42 bits per heavy atom. The van der Waals surface area contributed by atoms with Crippen molar-refractivity contribution in [2.45, 2.75) is 25.7 Å². The number of hydrogen-bond acceptors (Lipinski definition) is 4. The summed E-state index contributed by atoms with van der Waals surface area (Å²) in [4.78, 5) is 11.4. The molecule has 0 aliphatic rings. The third kappa shape index (κ3) is 4.22. The summed E-state index contributed by atoms with van der Waals surface area (Å²) in [7, 11) is -3.91. The number of amides is 1. The highest BCUT2D eigenvalue weighted by Crippen LogP contribution is 2.26. The SMILES string of the molecule is CCOc1ccc(NC(=O)C(C)C)cc1S(N)(=O)=O. The van der Waals surface area contributed by atoms with Crippen LogP contribution in [-0.2, 0) is 14.8 Å². The molecule has 1 amide bonds. The Bertz CT molecular complexity index is 567. The van der Waals surface area contributed by atoms with Gasteiger partial charge in [0.1, 0.15) is 10.6 Å². The second-order valence-corrected chi connectivity index (χ2v) is 5.81. The number of benzene rings is 1. The van der Waals surface area contributed by atoms with Gasteiger partial charge in [-0.15, -0.1) is 0 Å². The van der Waals surface area contributed by atoms with Crippen molar-refractivity contribution in [1.29, 1.82) is 0 Å². The highest BCUT2D eigenvalue weighted by atomic mass is 32.2.